The van der Waals surface area contributed by atoms with Crippen LogP contribution in [0.25, 0.3) is 0 Å². The van der Waals surface area contributed by atoms with Crippen LogP contribution < -0.4 is 0 Å². The second kappa shape index (κ2) is 12.3. The van der Waals surface area contributed by atoms with Crippen LogP contribution in [0.2, 0.25) is 0 Å². The Hall–Kier alpha value is -1.74. The van der Waals surface area contributed by atoms with E-state index in [9.17, 15) is 9.90 Å². The first-order chi connectivity index (χ1) is 14.7. The molecule has 0 aromatic heterocycles. The number of unbranched alkanes of at least 4 members (excludes halogenated alkanes) is 5. The van der Waals surface area contributed by atoms with E-state index < -0.39 is 0 Å². The summed E-state index contributed by atoms with van der Waals surface area (Å²) < 4.78 is 5.43. The molecule has 0 bridgehead atoms. The highest BCUT2D eigenvalue weighted by Gasteiger charge is 2.24. The van der Waals surface area contributed by atoms with E-state index in [-0.39, 0.29) is 17.3 Å². The minimum Gasteiger partial charge on any atom is -0.507 e. The van der Waals surface area contributed by atoms with Crippen molar-refractivity contribution in [2.75, 3.05) is 6.61 Å². The monoisotopic (exact) mass is 446 g/mol. The maximum atomic E-state index is 12.2. The molecule has 0 heterocycles. The van der Waals surface area contributed by atoms with Gasteiger partial charge in [0.05, 0.1) is 6.61 Å². The van der Waals surface area contributed by atoms with Crippen LogP contribution in [0.3, 0.4) is 0 Å². The van der Waals surface area contributed by atoms with E-state index in [2.05, 4.69) is 27.7 Å². The minimum absolute atomic E-state index is 0.0863. The molecule has 0 spiro atoms. The van der Waals surface area contributed by atoms with E-state index in [4.69, 9.17) is 16.3 Å². The van der Waals surface area contributed by atoms with E-state index in [1.807, 2.05) is 30.4 Å². The summed E-state index contributed by atoms with van der Waals surface area (Å²) in [6, 6.07) is 4.07. The van der Waals surface area contributed by atoms with Crippen LogP contribution in [0.5, 0.6) is 5.75 Å². The van der Waals surface area contributed by atoms with Gasteiger partial charge in [-0.05, 0) is 41.9 Å². The summed E-state index contributed by atoms with van der Waals surface area (Å²) in [5, 5.41) is 11.7. The standard InChI is InChI=1S/C27H39ClO3/c1-5-6-7-8-9-10-17-31-25(29)16-11-20-18-23(21-12-14-22(28)15-13-21)26(30)24(19-20)27(2,3)4/h12,14-15,18-19,21,30H,5-11,13,16-17H2,1-4H3. The van der Waals surface area contributed by atoms with Crippen LogP contribution >= 0.6 is 11.6 Å². The highest BCUT2D eigenvalue weighted by atomic mass is 35.5. The first-order valence-electron chi connectivity index (χ1n) is 11.8. The fourth-order valence-electron chi connectivity index (χ4n) is 3.93. The van der Waals surface area contributed by atoms with Crippen LogP contribution in [-0.2, 0) is 21.4 Å². The van der Waals surface area contributed by atoms with Crippen molar-refractivity contribution >= 4 is 17.6 Å². The summed E-state index contributed by atoms with van der Waals surface area (Å²) in [5.74, 6) is 0.291. The third-order valence-electron chi connectivity index (χ3n) is 5.84. The van der Waals surface area contributed by atoms with Crippen molar-refractivity contribution in [3.05, 3.63) is 52.1 Å². The number of aromatic hydroxyl groups is 1. The lowest BCUT2D eigenvalue weighted by atomic mass is 9.80. The van der Waals surface area contributed by atoms with Crippen LogP contribution in [0.15, 0.2) is 35.4 Å². The summed E-state index contributed by atoms with van der Waals surface area (Å²) in [7, 11) is 0. The number of ether oxygens (including phenoxy) is 1. The number of esters is 1. The quantitative estimate of drug-likeness (QED) is 0.280. The number of carbonyl (C=O) groups excluding carboxylic acids is 1. The SMILES string of the molecule is CCCCCCCCOC(=O)CCc1cc(C2C=CC(Cl)=CC2)c(O)c(C(C)(C)C)c1. The van der Waals surface area contributed by atoms with Gasteiger partial charge in [-0.2, -0.15) is 0 Å². The number of hydrogen-bond acceptors (Lipinski definition) is 3. The first kappa shape index (κ1) is 25.5. The van der Waals surface area contributed by atoms with Gasteiger partial charge in [0.15, 0.2) is 0 Å². The molecule has 1 aromatic carbocycles. The van der Waals surface area contributed by atoms with Crippen LogP contribution in [0, 0.1) is 0 Å². The molecule has 1 N–H and O–H groups in total. The van der Waals surface area contributed by atoms with Crippen LogP contribution in [-0.4, -0.2) is 17.7 Å². The number of hydrogen-bond donors (Lipinski definition) is 1. The largest absolute Gasteiger partial charge is 0.507 e. The third kappa shape index (κ3) is 8.37. The van der Waals surface area contributed by atoms with E-state index in [1.54, 1.807) is 0 Å². The Morgan fingerprint density at radius 2 is 1.87 bits per heavy atom. The zero-order valence-corrected chi connectivity index (χ0v) is 20.4. The van der Waals surface area contributed by atoms with Crippen molar-refractivity contribution < 1.29 is 14.6 Å². The summed E-state index contributed by atoms with van der Waals surface area (Å²) in [5.41, 5.74) is 2.68. The van der Waals surface area contributed by atoms with Crippen molar-refractivity contribution in [2.45, 2.75) is 96.8 Å². The molecule has 1 aromatic rings. The zero-order chi connectivity index (χ0) is 22.9. The molecule has 1 aliphatic carbocycles. The number of carbonyl (C=O) groups is 1. The van der Waals surface area contributed by atoms with Crippen molar-refractivity contribution in [3.8, 4) is 5.75 Å². The summed E-state index contributed by atoms with van der Waals surface area (Å²) in [6.07, 6.45) is 14.7. The molecule has 3 nitrogen and oxygen atoms in total. The third-order valence-corrected chi connectivity index (χ3v) is 6.12. The molecule has 0 saturated heterocycles. The molecule has 0 fully saturated rings. The summed E-state index contributed by atoms with van der Waals surface area (Å²) >= 11 is 6.07. The highest BCUT2D eigenvalue weighted by Crippen LogP contribution is 2.40. The van der Waals surface area contributed by atoms with Crippen molar-refractivity contribution in [2.24, 2.45) is 0 Å². The Kier molecular flexibility index (Phi) is 10.2. The number of benzene rings is 1. The van der Waals surface area contributed by atoms with Gasteiger partial charge in [-0.25, -0.2) is 0 Å². The number of phenolic OH excluding ortho intramolecular Hbond substituents is 1. The molecule has 4 heteroatoms. The number of rotatable bonds is 11. The fourth-order valence-corrected chi connectivity index (χ4v) is 4.09. The van der Waals surface area contributed by atoms with E-state index in [0.29, 0.717) is 25.2 Å². The van der Waals surface area contributed by atoms with Crippen molar-refractivity contribution in [3.63, 3.8) is 0 Å². The summed E-state index contributed by atoms with van der Waals surface area (Å²) in [4.78, 5) is 12.2. The Balaban J connectivity index is 1.98. The average Bonchev–Trinajstić information content (AvgIpc) is 2.72. The van der Waals surface area contributed by atoms with Gasteiger partial charge in [0.25, 0.3) is 0 Å². The molecular weight excluding hydrogens is 408 g/mol. The summed E-state index contributed by atoms with van der Waals surface area (Å²) in [6.45, 7) is 9.01. The van der Waals surface area contributed by atoms with Crippen LogP contribution in [0.4, 0.5) is 0 Å². The molecule has 1 unspecified atom stereocenters. The van der Waals surface area contributed by atoms with Gasteiger partial charge in [-0.3, -0.25) is 4.79 Å². The molecular formula is C27H39ClO3. The average molecular weight is 447 g/mol. The first-order valence-corrected chi connectivity index (χ1v) is 12.2. The number of phenols is 1. The van der Waals surface area contributed by atoms with Crippen molar-refractivity contribution in [1.82, 2.24) is 0 Å². The zero-order valence-electron chi connectivity index (χ0n) is 19.7. The lowest BCUT2D eigenvalue weighted by molar-refractivity contribution is -0.143. The van der Waals surface area contributed by atoms with E-state index in [0.717, 1.165) is 41.0 Å². The van der Waals surface area contributed by atoms with Gasteiger partial charge >= 0.3 is 5.97 Å². The lowest BCUT2D eigenvalue weighted by Gasteiger charge is -2.26. The fraction of sp³-hybridized carbons (Fsp3) is 0.593. The van der Waals surface area contributed by atoms with Gasteiger partial charge in [0, 0.05) is 22.9 Å². The predicted molar refractivity (Wildman–Crippen MR) is 130 cm³/mol. The normalized spacial score (nSPS) is 16.3. The number of allylic oxidation sites excluding steroid dienone is 4. The number of halogens is 1. The van der Waals surface area contributed by atoms with Crippen LogP contribution in [0.1, 0.15) is 102 Å². The molecule has 1 atom stereocenters. The molecule has 0 amide bonds. The minimum atomic E-state index is -0.195. The number of aryl methyl sites for hydroxylation is 1. The van der Waals surface area contributed by atoms with E-state index in [1.165, 1.54) is 25.7 Å². The molecule has 0 radical (unpaired) electrons. The highest BCUT2D eigenvalue weighted by molar-refractivity contribution is 6.31. The lowest BCUT2D eigenvalue weighted by Crippen LogP contribution is -2.14. The predicted octanol–water partition coefficient (Wildman–Crippen LogP) is 7.69. The Bertz CT molecular complexity index is 786. The molecule has 0 saturated carbocycles. The van der Waals surface area contributed by atoms with Crippen molar-refractivity contribution in [1.29, 1.82) is 0 Å². The molecule has 172 valence electrons. The maximum Gasteiger partial charge on any atom is 0.306 e. The second-order valence-corrected chi connectivity index (χ2v) is 10.0. The smallest absolute Gasteiger partial charge is 0.306 e. The van der Waals surface area contributed by atoms with Gasteiger partial charge in [-0.1, -0.05) is 95.7 Å². The van der Waals surface area contributed by atoms with Gasteiger partial charge in [0.1, 0.15) is 5.75 Å². The topological polar surface area (TPSA) is 46.5 Å². The van der Waals surface area contributed by atoms with Gasteiger partial charge in [-0.15, -0.1) is 0 Å². The Morgan fingerprint density at radius 3 is 2.52 bits per heavy atom. The van der Waals surface area contributed by atoms with E-state index >= 15 is 0 Å². The molecule has 1 aliphatic rings. The molecule has 2 rings (SSSR count). The molecule has 31 heavy (non-hydrogen) atoms. The molecule has 0 aliphatic heterocycles. The maximum absolute atomic E-state index is 12.2. The van der Waals surface area contributed by atoms with Gasteiger partial charge in [0.2, 0.25) is 0 Å². The van der Waals surface area contributed by atoms with Gasteiger partial charge < -0.3 is 9.84 Å². The Morgan fingerprint density at radius 1 is 1.16 bits per heavy atom. The Labute approximate surface area is 193 Å². The second-order valence-electron chi connectivity index (χ2n) is 9.61.